The first-order chi connectivity index (χ1) is 17.2. The fourth-order valence-electron chi connectivity index (χ4n) is 5.27. The van der Waals surface area contributed by atoms with Crippen molar-refractivity contribution >= 4 is 33.0 Å². The van der Waals surface area contributed by atoms with Gasteiger partial charge in [0, 0.05) is 24.2 Å². The van der Waals surface area contributed by atoms with Gasteiger partial charge in [0.15, 0.2) is 0 Å². The molecule has 0 amide bonds. The lowest BCUT2D eigenvalue weighted by molar-refractivity contribution is 0.0698. The quantitative estimate of drug-likeness (QED) is 0.519. The number of allylic oxidation sites excluding steroid dienone is 3. The average molecular weight is 527 g/mol. The van der Waals surface area contributed by atoms with Crippen LogP contribution in [0.1, 0.15) is 29.4 Å². The van der Waals surface area contributed by atoms with E-state index in [0.717, 1.165) is 56.6 Å². The molecule has 8 nitrogen and oxygen atoms in total. The number of thiophene rings is 1. The maximum atomic E-state index is 13.4. The Hall–Kier alpha value is -3.46. The summed E-state index contributed by atoms with van der Waals surface area (Å²) in [7, 11) is -4.17. The molecule has 2 atom stereocenters. The third-order valence-corrected chi connectivity index (χ3v) is 9.79. The highest BCUT2D eigenvalue weighted by Gasteiger charge is 2.40. The van der Waals surface area contributed by atoms with Crippen LogP contribution in [0.3, 0.4) is 0 Å². The molecule has 2 aromatic rings. The normalized spacial score (nSPS) is 21.0. The van der Waals surface area contributed by atoms with Gasteiger partial charge in [-0.25, -0.2) is 17.6 Å². The van der Waals surface area contributed by atoms with Crippen LogP contribution < -0.4 is 10.4 Å². The smallest absolute Gasteiger partial charge is 0.347 e. The number of rotatable bonds is 7. The van der Waals surface area contributed by atoms with Crippen molar-refractivity contribution in [3.63, 3.8) is 0 Å². The van der Waals surface area contributed by atoms with Gasteiger partial charge in [-0.2, -0.15) is 9.57 Å². The Labute approximate surface area is 212 Å². The number of carbonyl (C=O) groups is 1. The van der Waals surface area contributed by atoms with Crippen LogP contribution in [0.4, 0.5) is 10.1 Å². The zero-order valence-electron chi connectivity index (χ0n) is 19.3. The maximum Gasteiger partial charge on any atom is 0.347 e. The minimum Gasteiger partial charge on any atom is -0.477 e. The van der Waals surface area contributed by atoms with E-state index in [1.807, 2.05) is 17.3 Å². The monoisotopic (exact) mass is 526 g/mol. The highest BCUT2D eigenvalue weighted by Crippen LogP contribution is 2.48. The number of nitrogens with zero attached hydrogens (tertiary/aromatic N) is 3. The van der Waals surface area contributed by atoms with Crippen molar-refractivity contribution in [3.8, 4) is 6.07 Å². The van der Waals surface area contributed by atoms with Gasteiger partial charge in [0.25, 0.3) is 0 Å². The molecule has 11 heteroatoms. The molecule has 0 spiro atoms. The van der Waals surface area contributed by atoms with E-state index in [2.05, 4.69) is 18.4 Å². The zero-order valence-corrected chi connectivity index (χ0v) is 20.9. The summed E-state index contributed by atoms with van der Waals surface area (Å²) in [6, 6.07) is 9.43. The van der Waals surface area contributed by atoms with Crippen LogP contribution in [-0.4, -0.2) is 36.9 Å². The molecule has 2 heterocycles. The van der Waals surface area contributed by atoms with Gasteiger partial charge in [-0.05, 0) is 66.1 Å². The van der Waals surface area contributed by atoms with Crippen LogP contribution in [-0.2, 0) is 10.0 Å². The minimum absolute atomic E-state index is 0.00724. The number of halogens is 1. The first-order valence-corrected chi connectivity index (χ1v) is 13.7. The third-order valence-electron chi connectivity index (χ3n) is 6.90. The van der Waals surface area contributed by atoms with Crippen LogP contribution in [0.25, 0.3) is 0 Å². The summed E-state index contributed by atoms with van der Waals surface area (Å²) in [4.78, 5) is 11.0. The predicted octanol–water partition coefficient (Wildman–Crippen LogP) is 4.25. The Morgan fingerprint density at radius 3 is 2.78 bits per heavy atom. The van der Waals surface area contributed by atoms with Gasteiger partial charge in [-0.3, -0.25) is 5.01 Å². The summed E-state index contributed by atoms with van der Waals surface area (Å²) in [5.41, 5.74) is 8.33. The molecule has 1 aliphatic heterocycles. The number of anilines is 1. The van der Waals surface area contributed by atoms with Gasteiger partial charge in [0.1, 0.15) is 22.1 Å². The summed E-state index contributed by atoms with van der Waals surface area (Å²) in [6.07, 6.45) is 5.49. The second kappa shape index (κ2) is 9.20. The Morgan fingerprint density at radius 2 is 2.08 bits per heavy atom. The van der Waals surface area contributed by atoms with Crippen LogP contribution in [0.15, 0.2) is 75.3 Å². The molecule has 2 aliphatic carbocycles. The first-order valence-electron chi connectivity index (χ1n) is 11.4. The van der Waals surface area contributed by atoms with Crippen molar-refractivity contribution in [2.24, 2.45) is 11.8 Å². The van der Waals surface area contributed by atoms with Gasteiger partial charge >= 0.3 is 5.97 Å². The SMILES string of the molecule is C[C@H]1C2=CNN(c3ccc(F)cc3)C2=CC2=C1[C@@H](CN(CC#N)S(=O)(=O)c1ccsc1C(=O)O)CC2. The second-order valence-corrected chi connectivity index (χ2v) is 11.7. The minimum atomic E-state index is -4.17. The van der Waals surface area contributed by atoms with Gasteiger partial charge in [-0.1, -0.05) is 12.5 Å². The summed E-state index contributed by atoms with van der Waals surface area (Å²) in [5.74, 6) is -1.72. The van der Waals surface area contributed by atoms with Gasteiger partial charge in [-0.15, -0.1) is 11.3 Å². The highest BCUT2D eigenvalue weighted by molar-refractivity contribution is 7.89. The van der Waals surface area contributed by atoms with E-state index in [0.29, 0.717) is 0 Å². The molecule has 0 saturated carbocycles. The Balaban J connectivity index is 1.45. The summed E-state index contributed by atoms with van der Waals surface area (Å²) in [6.45, 7) is 1.81. The predicted molar refractivity (Wildman–Crippen MR) is 133 cm³/mol. The van der Waals surface area contributed by atoms with Gasteiger partial charge in [0.05, 0.1) is 17.5 Å². The number of carboxylic acids is 1. The number of carboxylic acid groups (broad SMARTS) is 1. The molecule has 1 aromatic carbocycles. The molecule has 0 radical (unpaired) electrons. The Morgan fingerprint density at radius 1 is 1.33 bits per heavy atom. The summed E-state index contributed by atoms with van der Waals surface area (Å²) >= 11 is 0.846. The van der Waals surface area contributed by atoms with Crippen molar-refractivity contribution in [3.05, 3.63) is 81.1 Å². The molecule has 0 unspecified atom stereocenters. The zero-order chi connectivity index (χ0) is 25.6. The second-order valence-electron chi connectivity index (χ2n) is 8.88. The molecule has 0 bridgehead atoms. The molecule has 2 N–H and O–H groups in total. The number of benzene rings is 1. The van der Waals surface area contributed by atoms with Crippen molar-refractivity contribution in [2.45, 2.75) is 24.7 Å². The van der Waals surface area contributed by atoms with Crippen molar-refractivity contribution in [1.82, 2.24) is 9.73 Å². The fourth-order valence-corrected chi connectivity index (χ4v) is 7.89. The van der Waals surface area contributed by atoms with Crippen molar-refractivity contribution < 1.29 is 22.7 Å². The molecule has 3 aliphatic rings. The number of hydrogen-bond donors (Lipinski definition) is 2. The molecule has 0 fully saturated rings. The van der Waals surface area contributed by atoms with Crippen LogP contribution >= 0.6 is 11.3 Å². The number of nitriles is 1. The number of sulfonamides is 1. The number of hydrogen-bond acceptors (Lipinski definition) is 7. The molecule has 0 saturated heterocycles. The largest absolute Gasteiger partial charge is 0.477 e. The van der Waals surface area contributed by atoms with E-state index in [4.69, 9.17) is 0 Å². The van der Waals surface area contributed by atoms with Gasteiger partial charge < -0.3 is 10.5 Å². The molecular weight excluding hydrogens is 503 g/mol. The van der Waals surface area contributed by atoms with E-state index in [1.54, 1.807) is 12.1 Å². The van der Waals surface area contributed by atoms with E-state index >= 15 is 0 Å². The topological polar surface area (TPSA) is 114 Å². The highest BCUT2D eigenvalue weighted by atomic mass is 32.2. The molecule has 5 rings (SSSR count). The fraction of sp³-hybridized carbons (Fsp3) is 0.280. The molecular formula is C25H23FN4O4S2. The van der Waals surface area contributed by atoms with E-state index in [1.165, 1.54) is 23.6 Å². The van der Waals surface area contributed by atoms with E-state index < -0.39 is 16.0 Å². The Bertz CT molecular complexity index is 1470. The van der Waals surface area contributed by atoms with Crippen LogP contribution in [0.5, 0.6) is 0 Å². The standard InChI is InChI=1S/C25H23FN4O4S2/c1-15-20-13-28-30(19-6-4-18(26)5-7-19)21(20)12-16-2-3-17(23(15)16)14-29(10-9-27)36(33,34)22-8-11-35-24(22)25(31)32/h4-8,11-13,15,17,28H,2-3,10,14H2,1H3,(H,31,32)/t15-,17+/m0/s1. The molecule has 1 aromatic heterocycles. The lowest BCUT2D eigenvalue weighted by atomic mass is 9.80. The lowest BCUT2D eigenvalue weighted by Crippen LogP contribution is -2.37. The van der Waals surface area contributed by atoms with Crippen LogP contribution in [0, 0.1) is 29.0 Å². The maximum absolute atomic E-state index is 13.4. The Kier molecular flexibility index (Phi) is 6.20. The third kappa shape index (κ3) is 4.01. The lowest BCUT2D eigenvalue weighted by Gasteiger charge is -2.31. The van der Waals surface area contributed by atoms with Crippen LogP contribution in [0.2, 0.25) is 0 Å². The van der Waals surface area contributed by atoms with E-state index in [-0.39, 0.29) is 40.5 Å². The number of fused-ring (bicyclic) bond motifs is 1. The average Bonchev–Trinajstić information content (AvgIpc) is 3.58. The molecule has 186 valence electrons. The first kappa shape index (κ1) is 24.2. The van der Waals surface area contributed by atoms with Crippen molar-refractivity contribution in [1.29, 1.82) is 5.26 Å². The number of aromatic carboxylic acids is 1. The van der Waals surface area contributed by atoms with Crippen molar-refractivity contribution in [2.75, 3.05) is 18.1 Å². The van der Waals surface area contributed by atoms with Gasteiger partial charge in [0.2, 0.25) is 10.0 Å². The van der Waals surface area contributed by atoms with E-state index in [9.17, 15) is 28.0 Å². The summed E-state index contributed by atoms with van der Waals surface area (Å²) in [5, 5.41) is 22.1. The number of nitrogens with one attached hydrogen (secondary N) is 1. The number of hydrazine groups is 1. The molecule has 36 heavy (non-hydrogen) atoms. The summed E-state index contributed by atoms with van der Waals surface area (Å²) < 4.78 is 41.3.